The van der Waals surface area contributed by atoms with Crippen LogP contribution in [0.2, 0.25) is 0 Å². The molecule has 0 aliphatic rings. The Morgan fingerprint density at radius 3 is 2.54 bits per heavy atom. The van der Waals surface area contributed by atoms with Crippen LogP contribution >= 0.6 is 0 Å². The van der Waals surface area contributed by atoms with E-state index >= 15 is 0 Å². The third-order valence-corrected chi connectivity index (χ3v) is 4.74. The summed E-state index contributed by atoms with van der Waals surface area (Å²) in [5.74, 6) is -4.54. The fourth-order valence-electron chi connectivity index (χ4n) is 3.20. The first kappa shape index (κ1) is 23.9. The molecule has 4 rings (SSSR count). The summed E-state index contributed by atoms with van der Waals surface area (Å²) in [6.45, 7) is -3.25. The van der Waals surface area contributed by atoms with Crippen LogP contribution in [0.1, 0.15) is 5.56 Å². The molecule has 0 saturated heterocycles. The minimum Gasteiger partial charge on any atom is -0.387 e. The van der Waals surface area contributed by atoms with Gasteiger partial charge in [-0.25, -0.2) is 18.7 Å². The molecule has 4 aromatic rings. The molecule has 9 nitrogen and oxygen atoms in total. The van der Waals surface area contributed by atoms with Crippen molar-refractivity contribution in [2.24, 2.45) is 0 Å². The highest BCUT2D eigenvalue weighted by atomic mass is 19.4. The number of aromatic nitrogens is 5. The lowest BCUT2D eigenvalue weighted by Crippen LogP contribution is -2.41. The van der Waals surface area contributed by atoms with Crippen molar-refractivity contribution in [1.29, 1.82) is 0 Å². The zero-order chi connectivity index (χ0) is 25.2. The highest BCUT2D eigenvalue weighted by molar-refractivity contribution is 5.93. The van der Waals surface area contributed by atoms with Gasteiger partial charge in [-0.1, -0.05) is 23.4 Å². The van der Waals surface area contributed by atoms with Crippen molar-refractivity contribution in [2.75, 3.05) is 18.1 Å². The van der Waals surface area contributed by atoms with Crippen LogP contribution in [0.3, 0.4) is 0 Å². The van der Waals surface area contributed by atoms with E-state index in [0.717, 1.165) is 0 Å². The quantitative estimate of drug-likeness (QED) is 0.393. The molecule has 0 atom stereocenters. The molecule has 1 amide bonds. The maximum atomic E-state index is 14.4. The molecule has 0 aliphatic carbocycles. The van der Waals surface area contributed by atoms with E-state index in [1.807, 2.05) is 0 Å². The number of hydrogen-bond acceptors (Lipinski definition) is 7. The molecule has 0 unspecified atom stereocenters. The summed E-state index contributed by atoms with van der Waals surface area (Å²) in [5.41, 5.74) is 0.878. The number of carbonyl (C=O) groups excluding carboxylic acids is 1. The first-order chi connectivity index (χ1) is 16.7. The van der Waals surface area contributed by atoms with Crippen molar-refractivity contribution < 1.29 is 36.4 Å². The number of rotatable bonds is 7. The van der Waals surface area contributed by atoms with Gasteiger partial charge in [-0.3, -0.25) is 14.4 Å². The van der Waals surface area contributed by atoms with E-state index in [1.165, 1.54) is 41.3 Å². The summed E-state index contributed by atoms with van der Waals surface area (Å²) in [6, 6.07) is 8.84. The summed E-state index contributed by atoms with van der Waals surface area (Å²) in [5, 5.41) is 17.2. The van der Waals surface area contributed by atoms with Gasteiger partial charge in [0.2, 0.25) is 0 Å². The lowest BCUT2D eigenvalue weighted by molar-refractivity contribution is -0.134. The molecule has 0 fully saturated rings. The largest absolute Gasteiger partial charge is 0.406 e. The maximum absolute atomic E-state index is 14.4. The second-order valence-corrected chi connectivity index (χ2v) is 7.17. The molecule has 1 aromatic carbocycles. The maximum Gasteiger partial charge on any atom is 0.406 e. The predicted octanol–water partition coefficient (Wildman–Crippen LogP) is 3.21. The second kappa shape index (κ2) is 9.58. The third kappa shape index (κ3) is 5.32. The number of benzene rings is 1. The molecule has 0 saturated carbocycles. The minimum atomic E-state index is -4.90. The molecule has 1 N–H and O–H groups in total. The van der Waals surface area contributed by atoms with Crippen molar-refractivity contribution in [2.45, 2.75) is 12.7 Å². The highest BCUT2D eigenvalue weighted by Gasteiger charge is 2.36. The number of anilines is 1. The zero-order valence-electron chi connectivity index (χ0n) is 17.6. The average molecular weight is 494 g/mol. The first-order valence-corrected chi connectivity index (χ1v) is 9.89. The number of amides is 1. The standard InChI is InChI=1S/C21H15F5N6O3/c22-13-4-2-1-3-12(13)9-32-17(15-5-6-35-30-15)7-16(29-32)19-27-8-14(23)20(28-19)31(18(34)10-33)11-21(24,25)26/h1-8,33H,9-11H2. The van der Waals surface area contributed by atoms with E-state index in [1.54, 1.807) is 6.07 Å². The number of nitrogens with zero attached hydrogens (tertiary/aromatic N) is 6. The first-order valence-electron chi connectivity index (χ1n) is 9.89. The Hall–Kier alpha value is -4.20. The van der Waals surface area contributed by atoms with Crippen LogP contribution in [-0.4, -0.2) is 55.2 Å². The van der Waals surface area contributed by atoms with Gasteiger partial charge in [0, 0.05) is 11.6 Å². The minimum absolute atomic E-state index is 0.0241. The Bertz CT molecular complexity index is 1340. The number of hydrogen-bond donors (Lipinski definition) is 1. The van der Waals surface area contributed by atoms with Crippen molar-refractivity contribution in [1.82, 2.24) is 24.9 Å². The number of aliphatic hydroxyl groups excluding tert-OH is 1. The molecule has 3 aromatic heterocycles. The van der Waals surface area contributed by atoms with Crippen LogP contribution in [0.4, 0.5) is 27.8 Å². The fourth-order valence-corrected chi connectivity index (χ4v) is 3.20. The van der Waals surface area contributed by atoms with Crippen LogP contribution in [0, 0.1) is 11.6 Å². The van der Waals surface area contributed by atoms with Gasteiger partial charge in [0.1, 0.15) is 36.6 Å². The summed E-state index contributed by atoms with van der Waals surface area (Å²) < 4.78 is 73.8. The Morgan fingerprint density at radius 2 is 1.89 bits per heavy atom. The molecule has 0 radical (unpaired) electrons. The third-order valence-electron chi connectivity index (χ3n) is 4.74. The molecule has 0 spiro atoms. The van der Waals surface area contributed by atoms with E-state index in [4.69, 9.17) is 9.63 Å². The number of aliphatic hydroxyl groups is 1. The van der Waals surface area contributed by atoms with Crippen LogP contribution in [0.15, 0.2) is 53.4 Å². The summed E-state index contributed by atoms with van der Waals surface area (Å²) in [4.78, 5) is 19.4. The van der Waals surface area contributed by atoms with Crippen LogP contribution in [0.25, 0.3) is 22.9 Å². The number of halogens is 5. The topological polar surface area (TPSA) is 110 Å². The fraction of sp³-hybridized carbons (Fsp3) is 0.190. The number of carbonyl (C=O) groups is 1. The van der Waals surface area contributed by atoms with E-state index in [-0.39, 0.29) is 28.5 Å². The molecular formula is C21H15F5N6O3. The summed E-state index contributed by atoms with van der Waals surface area (Å²) in [6.07, 6.45) is -3.03. The highest BCUT2D eigenvalue weighted by Crippen LogP contribution is 2.28. The Morgan fingerprint density at radius 1 is 1.11 bits per heavy atom. The van der Waals surface area contributed by atoms with Crippen molar-refractivity contribution in [3.05, 3.63) is 66.1 Å². The number of alkyl halides is 3. The predicted molar refractivity (Wildman–Crippen MR) is 110 cm³/mol. The monoisotopic (exact) mass is 494 g/mol. The SMILES string of the molecule is O=C(CO)N(CC(F)(F)F)c1nc(-c2cc(-c3ccon3)n(Cc3ccccc3F)n2)ncc1F. The summed E-state index contributed by atoms with van der Waals surface area (Å²) in [7, 11) is 0. The zero-order valence-corrected chi connectivity index (χ0v) is 17.6. The molecule has 14 heteroatoms. The molecule has 3 heterocycles. The van der Waals surface area contributed by atoms with Crippen molar-refractivity contribution >= 4 is 11.7 Å². The van der Waals surface area contributed by atoms with Crippen LogP contribution in [0.5, 0.6) is 0 Å². The van der Waals surface area contributed by atoms with Gasteiger partial charge < -0.3 is 9.63 Å². The van der Waals surface area contributed by atoms with Gasteiger partial charge >= 0.3 is 6.18 Å². The normalized spacial score (nSPS) is 11.6. The van der Waals surface area contributed by atoms with Gasteiger partial charge in [-0.05, 0) is 12.1 Å². The van der Waals surface area contributed by atoms with Crippen LogP contribution < -0.4 is 4.90 Å². The molecule has 182 valence electrons. The molecule has 35 heavy (non-hydrogen) atoms. The molecular weight excluding hydrogens is 479 g/mol. The second-order valence-electron chi connectivity index (χ2n) is 7.17. The van der Waals surface area contributed by atoms with E-state index in [2.05, 4.69) is 20.2 Å². The van der Waals surface area contributed by atoms with Gasteiger partial charge in [0.25, 0.3) is 5.91 Å². The van der Waals surface area contributed by atoms with Gasteiger partial charge in [-0.15, -0.1) is 0 Å². The van der Waals surface area contributed by atoms with E-state index in [9.17, 15) is 26.7 Å². The van der Waals surface area contributed by atoms with E-state index < -0.39 is 42.7 Å². The van der Waals surface area contributed by atoms with Crippen molar-refractivity contribution in [3.8, 4) is 22.9 Å². The molecule has 0 aliphatic heterocycles. The molecule has 0 bridgehead atoms. The Labute approximate surface area is 193 Å². The van der Waals surface area contributed by atoms with E-state index in [0.29, 0.717) is 17.6 Å². The van der Waals surface area contributed by atoms with Gasteiger partial charge in [-0.2, -0.15) is 18.3 Å². The lowest BCUT2D eigenvalue weighted by Gasteiger charge is -2.22. The van der Waals surface area contributed by atoms with Crippen molar-refractivity contribution in [3.63, 3.8) is 0 Å². The Kier molecular flexibility index (Phi) is 6.55. The Balaban J connectivity index is 1.79. The van der Waals surface area contributed by atoms with Gasteiger partial charge in [0.15, 0.2) is 17.5 Å². The smallest absolute Gasteiger partial charge is 0.387 e. The summed E-state index contributed by atoms with van der Waals surface area (Å²) >= 11 is 0. The van der Waals surface area contributed by atoms with Gasteiger partial charge in [0.05, 0.1) is 18.4 Å². The average Bonchev–Trinajstić information content (AvgIpc) is 3.48. The van der Waals surface area contributed by atoms with Crippen LogP contribution in [-0.2, 0) is 11.3 Å². The lowest BCUT2D eigenvalue weighted by atomic mass is 10.2.